The van der Waals surface area contributed by atoms with Gasteiger partial charge < -0.3 is 0 Å². The standard InChI is InChI=1S/C16H31Cl/c1-4-5-6-15-8-11-16(13-17,12-9-15)10-7-14(2)3/h14-15H,4-13H2,1-3H3. The fourth-order valence-corrected chi connectivity index (χ4v) is 3.52. The molecule has 0 nitrogen and oxygen atoms in total. The van der Waals surface area contributed by atoms with Crippen molar-refractivity contribution in [2.45, 2.75) is 78.6 Å². The molecule has 0 heterocycles. The molecule has 0 saturated heterocycles. The lowest BCUT2D eigenvalue weighted by Crippen LogP contribution is -2.29. The third kappa shape index (κ3) is 5.20. The zero-order valence-corrected chi connectivity index (χ0v) is 12.9. The first-order chi connectivity index (χ1) is 8.12. The molecule has 102 valence electrons. The quantitative estimate of drug-likeness (QED) is 0.489. The summed E-state index contributed by atoms with van der Waals surface area (Å²) in [7, 11) is 0. The lowest BCUT2D eigenvalue weighted by Gasteiger charge is -2.39. The number of hydrogen-bond acceptors (Lipinski definition) is 0. The number of unbranched alkanes of at least 4 members (excludes halogenated alkanes) is 1. The molecular formula is C16H31Cl. The minimum Gasteiger partial charge on any atom is -0.126 e. The van der Waals surface area contributed by atoms with E-state index in [0.29, 0.717) is 5.41 Å². The van der Waals surface area contributed by atoms with Gasteiger partial charge in [-0.1, -0.05) is 46.5 Å². The molecule has 0 unspecified atom stereocenters. The van der Waals surface area contributed by atoms with Crippen LogP contribution in [0.15, 0.2) is 0 Å². The number of rotatable bonds is 7. The lowest BCUT2D eigenvalue weighted by molar-refractivity contribution is 0.146. The molecule has 0 aromatic heterocycles. The van der Waals surface area contributed by atoms with Gasteiger partial charge in [-0.3, -0.25) is 0 Å². The molecule has 1 heteroatoms. The van der Waals surface area contributed by atoms with Crippen LogP contribution >= 0.6 is 11.6 Å². The van der Waals surface area contributed by atoms with Gasteiger partial charge in [0.2, 0.25) is 0 Å². The molecule has 0 amide bonds. The van der Waals surface area contributed by atoms with Crippen LogP contribution in [0.1, 0.15) is 78.6 Å². The first-order valence-electron chi connectivity index (χ1n) is 7.68. The molecule has 0 aliphatic heterocycles. The molecule has 1 fully saturated rings. The maximum Gasteiger partial charge on any atom is 0.0280 e. The summed E-state index contributed by atoms with van der Waals surface area (Å²) in [6, 6.07) is 0. The summed E-state index contributed by atoms with van der Waals surface area (Å²) in [6.07, 6.45) is 12.6. The molecule has 1 aliphatic rings. The van der Waals surface area contributed by atoms with Crippen LogP contribution < -0.4 is 0 Å². The monoisotopic (exact) mass is 258 g/mol. The van der Waals surface area contributed by atoms with Gasteiger partial charge in [-0.25, -0.2) is 0 Å². The van der Waals surface area contributed by atoms with Crippen LogP contribution in [-0.2, 0) is 0 Å². The van der Waals surface area contributed by atoms with E-state index in [2.05, 4.69) is 20.8 Å². The Kier molecular flexibility index (Phi) is 6.92. The van der Waals surface area contributed by atoms with Gasteiger partial charge in [0, 0.05) is 5.88 Å². The molecule has 1 rings (SSSR count). The first kappa shape index (κ1) is 15.3. The van der Waals surface area contributed by atoms with Crippen molar-refractivity contribution in [2.75, 3.05) is 5.88 Å². The lowest BCUT2D eigenvalue weighted by atomic mass is 9.68. The van der Waals surface area contributed by atoms with Crippen LogP contribution in [0, 0.1) is 17.3 Å². The zero-order valence-electron chi connectivity index (χ0n) is 12.1. The van der Waals surface area contributed by atoms with Crippen LogP contribution in [0.4, 0.5) is 0 Å². The predicted octanol–water partition coefficient (Wildman–Crippen LogP) is 6.03. The maximum atomic E-state index is 6.27. The van der Waals surface area contributed by atoms with Gasteiger partial charge in [-0.15, -0.1) is 11.6 Å². The van der Waals surface area contributed by atoms with Crippen molar-refractivity contribution in [2.24, 2.45) is 17.3 Å². The summed E-state index contributed by atoms with van der Waals surface area (Å²) in [5, 5.41) is 0. The van der Waals surface area contributed by atoms with E-state index in [0.717, 1.165) is 17.7 Å². The van der Waals surface area contributed by atoms with E-state index in [9.17, 15) is 0 Å². The first-order valence-corrected chi connectivity index (χ1v) is 8.21. The molecule has 0 spiro atoms. The van der Waals surface area contributed by atoms with Crippen molar-refractivity contribution in [3.8, 4) is 0 Å². The number of hydrogen-bond donors (Lipinski definition) is 0. The van der Waals surface area contributed by atoms with Crippen LogP contribution in [0.25, 0.3) is 0 Å². The van der Waals surface area contributed by atoms with Crippen LogP contribution in [0.2, 0.25) is 0 Å². The van der Waals surface area contributed by atoms with E-state index in [1.165, 1.54) is 57.8 Å². The highest BCUT2D eigenvalue weighted by atomic mass is 35.5. The van der Waals surface area contributed by atoms with Crippen molar-refractivity contribution in [3.05, 3.63) is 0 Å². The summed E-state index contributed by atoms with van der Waals surface area (Å²) in [6.45, 7) is 6.96. The fraction of sp³-hybridized carbons (Fsp3) is 1.00. The Labute approximate surface area is 114 Å². The van der Waals surface area contributed by atoms with Gasteiger partial charge in [0.1, 0.15) is 0 Å². The van der Waals surface area contributed by atoms with Crippen molar-refractivity contribution in [1.82, 2.24) is 0 Å². The molecule has 1 aliphatic carbocycles. The highest BCUT2D eigenvalue weighted by molar-refractivity contribution is 6.18. The average molecular weight is 259 g/mol. The highest BCUT2D eigenvalue weighted by Crippen LogP contribution is 2.45. The summed E-state index contributed by atoms with van der Waals surface area (Å²) in [5.41, 5.74) is 0.495. The van der Waals surface area contributed by atoms with Gasteiger partial charge in [-0.2, -0.15) is 0 Å². The summed E-state index contributed by atoms with van der Waals surface area (Å²) >= 11 is 6.27. The van der Waals surface area contributed by atoms with Gasteiger partial charge in [0.15, 0.2) is 0 Å². The summed E-state index contributed by atoms with van der Waals surface area (Å²) in [4.78, 5) is 0. The second-order valence-electron chi connectivity index (χ2n) is 6.65. The second kappa shape index (κ2) is 7.67. The van der Waals surface area contributed by atoms with Crippen molar-refractivity contribution in [1.29, 1.82) is 0 Å². The molecule has 0 aromatic rings. The Hall–Kier alpha value is 0.290. The third-order valence-electron chi connectivity index (χ3n) is 4.67. The van der Waals surface area contributed by atoms with Gasteiger partial charge in [0.05, 0.1) is 0 Å². The Balaban J connectivity index is 2.34. The normalized spacial score (nSPS) is 29.8. The summed E-state index contributed by atoms with van der Waals surface area (Å²) < 4.78 is 0. The zero-order chi connectivity index (χ0) is 12.7. The maximum absolute atomic E-state index is 6.27. The smallest absolute Gasteiger partial charge is 0.0280 e. The molecule has 0 bridgehead atoms. The molecule has 0 N–H and O–H groups in total. The van der Waals surface area contributed by atoms with Crippen LogP contribution in [0.3, 0.4) is 0 Å². The van der Waals surface area contributed by atoms with Gasteiger partial charge >= 0.3 is 0 Å². The van der Waals surface area contributed by atoms with E-state index in [1.54, 1.807) is 0 Å². The van der Waals surface area contributed by atoms with E-state index >= 15 is 0 Å². The van der Waals surface area contributed by atoms with Gasteiger partial charge in [0.25, 0.3) is 0 Å². The molecule has 0 radical (unpaired) electrons. The SMILES string of the molecule is CCCCC1CCC(CCl)(CCC(C)C)CC1. The van der Waals surface area contributed by atoms with Crippen molar-refractivity contribution < 1.29 is 0 Å². The summed E-state index contributed by atoms with van der Waals surface area (Å²) in [5.74, 6) is 2.72. The third-order valence-corrected chi connectivity index (χ3v) is 5.23. The molecular weight excluding hydrogens is 228 g/mol. The van der Waals surface area contributed by atoms with Crippen LogP contribution in [0.5, 0.6) is 0 Å². The van der Waals surface area contributed by atoms with Gasteiger partial charge in [-0.05, 0) is 49.4 Å². The molecule has 1 saturated carbocycles. The van der Waals surface area contributed by atoms with E-state index in [1.807, 2.05) is 0 Å². The number of alkyl halides is 1. The minimum absolute atomic E-state index is 0.495. The Morgan fingerprint density at radius 2 is 1.88 bits per heavy atom. The van der Waals surface area contributed by atoms with E-state index in [-0.39, 0.29) is 0 Å². The largest absolute Gasteiger partial charge is 0.126 e. The topological polar surface area (TPSA) is 0 Å². The Morgan fingerprint density at radius 3 is 2.35 bits per heavy atom. The fourth-order valence-electron chi connectivity index (χ4n) is 3.12. The van der Waals surface area contributed by atoms with E-state index < -0.39 is 0 Å². The highest BCUT2D eigenvalue weighted by Gasteiger charge is 2.33. The van der Waals surface area contributed by atoms with Crippen molar-refractivity contribution in [3.63, 3.8) is 0 Å². The average Bonchev–Trinajstić information content (AvgIpc) is 2.35. The molecule has 0 atom stereocenters. The van der Waals surface area contributed by atoms with Crippen LogP contribution in [-0.4, -0.2) is 5.88 Å². The number of halogens is 1. The molecule has 0 aromatic carbocycles. The van der Waals surface area contributed by atoms with E-state index in [4.69, 9.17) is 11.6 Å². The minimum atomic E-state index is 0.495. The Bertz CT molecular complexity index is 190. The van der Waals surface area contributed by atoms with Crippen molar-refractivity contribution >= 4 is 11.6 Å². The predicted molar refractivity (Wildman–Crippen MR) is 78.7 cm³/mol. The second-order valence-corrected chi connectivity index (χ2v) is 6.92. The Morgan fingerprint density at radius 1 is 1.24 bits per heavy atom. The molecule has 17 heavy (non-hydrogen) atoms.